The van der Waals surface area contributed by atoms with Crippen LogP contribution in [0.3, 0.4) is 0 Å². The Bertz CT molecular complexity index is 1510. The Morgan fingerprint density at radius 1 is 1.03 bits per heavy atom. The number of aromatic amines is 1. The molecule has 1 N–H and O–H groups in total. The third-order valence-electron chi connectivity index (χ3n) is 5.52. The number of methoxy groups -OCH3 is 1. The molecule has 4 rings (SSSR count). The van der Waals surface area contributed by atoms with E-state index in [2.05, 4.69) is 4.98 Å². The number of aromatic nitrogens is 2. The van der Waals surface area contributed by atoms with Crippen molar-refractivity contribution in [2.45, 2.75) is 13.0 Å². The quantitative estimate of drug-likeness (QED) is 0.405. The predicted octanol–water partition coefficient (Wildman–Crippen LogP) is 4.18. The van der Waals surface area contributed by atoms with Gasteiger partial charge in [0.05, 0.1) is 36.5 Å². The minimum atomic E-state index is -3.47. The van der Waals surface area contributed by atoms with Gasteiger partial charge in [0, 0.05) is 6.26 Å². The molecule has 1 aromatic heterocycles. The van der Waals surface area contributed by atoms with Crippen LogP contribution in [0.4, 0.5) is 4.39 Å². The summed E-state index contributed by atoms with van der Waals surface area (Å²) in [7, 11) is -1.95. The minimum absolute atomic E-state index is 0.288. The molecule has 1 atom stereocenters. The summed E-state index contributed by atoms with van der Waals surface area (Å²) in [5.41, 5.74) is 2.58. The summed E-state index contributed by atoms with van der Waals surface area (Å²) in [4.78, 5) is 15.9. The molecule has 1 heterocycles. The van der Waals surface area contributed by atoms with Gasteiger partial charge in [-0.2, -0.15) is 0 Å². The Balaban J connectivity index is 1.88. The number of hydrogen-bond donors (Lipinski definition) is 1. The number of nitrogens with zero attached hydrogens (tertiary/aromatic N) is 1. The van der Waals surface area contributed by atoms with Crippen molar-refractivity contribution >= 4 is 20.9 Å². The van der Waals surface area contributed by atoms with E-state index >= 15 is 0 Å². The first-order valence-corrected chi connectivity index (χ1v) is 12.7. The molecule has 0 fully saturated rings. The molecular formula is C25H25FN2O5S. The highest BCUT2D eigenvalue weighted by atomic mass is 32.2. The second-order valence-corrected chi connectivity index (χ2v) is 10.2. The van der Waals surface area contributed by atoms with E-state index < -0.39 is 21.6 Å². The van der Waals surface area contributed by atoms with Gasteiger partial charge >= 0.3 is 5.69 Å². The van der Waals surface area contributed by atoms with Crippen LogP contribution in [-0.4, -0.2) is 43.7 Å². The zero-order valence-electron chi connectivity index (χ0n) is 19.0. The molecule has 7 nitrogen and oxygen atoms in total. The number of sulfone groups is 1. The highest BCUT2D eigenvalue weighted by Gasteiger charge is 2.25. The Morgan fingerprint density at radius 2 is 1.79 bits per heavy atom. The summed E-state index contributed by atoms with van der Waals surface area (Å²) in [6.45, 7) is 2.23. The number of imidazole rings is 1. The van der Waals surface area contributed by atoms with Gasteiger partial charge in [-0.05, 0) is 60.0 Å². The van der Waals surface area contributed by atoms with Gasteiger partial charge in [0.15, 0.2) is 11.5 Å². The molecule has 0 bridgehead atoms. The standard InChI is InChI=1S/C25H25FN2O5S/c1-4-33-24-14-18(9-11-23(24)32-2)22(15-34(3,30)31)28-21-10-8-17(13-20(21)27-25(28)29)16-6-5-7-19(26)12-16/h5-14,22H,4,15H2,1-3H3,(H,27,29)/t22-/m1/s1. The van der Waals surface area contributed by atoms with Crippen LogP contribution in [0.1, 0.15) is 18.5 Å². The fourth-order valence-electron chi connectivity index (χ4n) is 4.06. The topological polar surface area (TPSA) is 90.4 Å². The smallest absolute Gasteiger partial charge is 0.327 e. The molecule has 0 unspecified atom stereocenters. The van der Waals surface area contributed by atoms with Crippen molar-refractivity contribution in [3.63, 3.8) is 0 Å². The first kappa shape index (κ1) is 23.6. The van der Waals surface area contributed by atoms with Crippen molar-refractivity contribution in [1.29, 1.82) is 0 Å². The largest absolute Gasteiger partial charge is 0.493 e. The lowest BCUT2D eigenvalue weighted by atomic mass is 10.0. The van der Waals surface area contributed by atoms with Crippen molar-refractivity contribution in [3.8, 4) is 22.6 Å². The average molecular weight is 485 g/mol. The fourth-order valence-corrected chi connectivity index (χ4v) is 4.98. The maximum Gasteiger partial charge on any atom is 0.327 e. The molecule has 0 aliphatic carbocycles. The molecule has 0 spiro atoms. The molecule has 4 aromatic rings. The highest BCUT2D eigenvalue weighted by Crippen LogP contribution is 2.33. The van der Waals surface area contributed by atoms with Crippen molar-refractivity contribution in [2.75, 3.05) is 25.7 Å². The molecule has 3 aromatic carbocycles. The Hall–Kier alpha value is -3.59. The van der Waals surface area contributed by atoms with E-state index in [-0.39, 0.29) is 11.6 Å². The number of ether oxygens (including phenoxy) is 2. The first-order valence-electron chi connectivity index (χ1n) is 10.7. The van der Waals surface area contributed by atoms with Gasteiger partial charge in [0.25, 0.3) is 0 Å². The molecule has 34 heavy (non-hydrogen) atoms. The molecule has 0 aliphatic rings. The number of fused-ring (bicyclic) bond motifs is 1. The van der Waals surface area contributed by atoms with Crippen molar-refractivity contribution < 1.29 is 22.3 Å². The van der Waals surface area contributed by atoms with Crippen LogP contribution in [0.2, 0.25) is 0 Å². The molecule has 178 valence electrons. The number of benzene rings is 3. The second kappa shape index (κ2) is 9.34. The maximum absolute atomic E-state index is 13.7. The first-order chi connectivity index (χ1) is 16.2. The van der Waals surface area contributed by atoms with Gasteiger partial charge < -0.3 is 14.5 Å². The van der Waals surface area contributed by atoms with Gasteiger partial charge in [-0.25, -0.2) is 17.6 Å². The SMILES string of the molecule is CCOc1cc([C@@H](CS(C)(=O)=O)n2c(=O)[nH]c3cc(-c4cccc(F)c4)ccc32)ccc1OC. The number of nitrogens with one attached hydrogen (secondary N) is 1. The Morgan fingerprint density at radius 3 is 2.47 bits per heavy atom. The Kier molecular flexibility index (Phi) is 6.47. The maximum atomic E-state index is 13.7. The fraction of sp³-hybridized carbons (Fsp3) is 0.240. The van der Waals surface area contributed by atoms with E-state index in [9.17, 15) is 17.6 Å². The lowest BCUT2D eigenvalue weighted by Crippen LogP contribution is -2.28. The zero-order chi connectivity index (χ0) is 24.5. The number of H-pyrrole nitrogens is 1. The van der Waals surface area contributed by atoms with Gasteiger partial charge in [-0.15, -0.1) is 0 Å². The third-order valence-corrected chi connectivity index (χ3v) is 6.44. The lowest BCUT2D eigenvalue weighted by molar-refractivity contribution is 0.310. The summed E-state index contributed by atoms with van der Waals surface area (Å²) < 4.78 is 50.8. The van der Waals surface area contributed by atoms with E-state index in [1.54, 1.807) is 48.5 Å². The van der Waals surface area contributed by atoms with Gasteiger partial charge in [-0.1, -0.05) is 24.3 Å². The second-order valence-electron chi connectivity index (χ2n) is 7.99. The van der Waals surface area contributed by atoms with Crippen molar-refractivity contribution in [2.24, 2.45) is 0 Å². The zero-order valence-corrected chi connectivity index (χ0v) is 19.9. The van der Waals surface area contributed by atoms with E-state index in [1.165, 1.54) is 23.8 Å². The highest BCUT2D eigenvalue weighted by molar-refractivity contribution is 7.90. The van der Waals surface area contributed by atoms with Crippen LogP contribution in [0.15, 0.2) is 65.5 Å². The van der Waals surface area contributed by atoms with Crippen molar-refractivity contribution in [1.82, 2.24) is 9.55 Å². The molecule has 0 amide bonds. The summed E-state index contributed by atoms with van der Waals surface area (Å²) in [5, 5.41) is 0. The lowest BCUT2D eigenvalue weighted by Gasteiger charge is -2.20. The number of hydrogen-bond acceptors (Lipinski definition) is 5. The average Bonchev–Trinajstić information content (AvgIpc) is 3.12. The molecular weight excluding hydrogens is 459 g/mol. The van der Waals surface area contributed by atoms with Crippen LogP contribution in [-0.2, 0) is 9.84 Å². The van der Waals surface area contributed by atoms with Gasteiger partial charge in [0.1, 0.15) is 15.7 Å². The monoisotopic (exact) mass is 484 g/mol. The number of halogens is 1. The predicted molar refractivity (Wildman–Crippen MR) is 130 cm³/mol. The van der Waals surface area contributed by atoms with E-state index in [4.69, 9.17) is 9.47 Å². The molecule has 0 radical (unpaired) electrons. The molecule has 9 heteroatoms. The normalized spacial score (nSPS) is 12.6. The summed E-state index contributed by atoms with van der Waals surface area (Å²) >= 11 is 0. The van der Waals surface area contributed by atoms with Crippen LogP contribution >= 0.6 is 0 Å². The summed E-state index contributed by atoms with van der Waals surface area (Å²) in [6.07, 6.45) is 1.13. The Labute approximate surface area is 196 Å². The molecule has 0 saturated carbocycles. The molecule has 0 saturated heterocycles. The van der Waals surface area contributed by atoms with Gasteiger partial charge in [-0.3, -0.25) is 4.57 Å². The minimum Gasteiger partial charge on any atom is -0.493 e. The van der Waals surface area contributed by atoms with Crippen molar-refractivity contribution in [3.05, 3.63) is 82.5 Å². The summed E-state index contributed by atoms with van der Waals surface area (Å²) in [6, 6.07) is 15.7. The van der Waals surface area contributed by atoms with Crippen LogP contribution in [0.25, 0.3) is 22.2 Å². The molecule has 0 aliphatic heterocycles. The van der Waals surface area contributed by atoms with Crippen LogP contribution in [0, 0.1) is 5.82 Å². The van der Waals surface area contributed by atoms with Gasteiger partial charge in [0.2, 0.25) is 0 Å². The summed E-state index contributed by atoms with van der Waals surface area (Å²) in [5.74, 6) is 0.321. The van der Waals surface area contributed by atoms with Crippen LogP contribution < -0.4 is 15.2 Å². The van der Waals surface area contributed by atoms with E-state index in [0.717, 1.165) is 11.8 Å². The third kappa shape index (κ3) is 4.84. The van der Waals surface area contributed by atoms with E-state index in [1.807, 2.05) is 6.92 Å². The number of rotatable bonds is 8. The van der Waals surface area contributed by atoms with Crippen LogP contribution in [0.5, 0.6) is 11.5 Å². The van der Waals surface area contributed by atoms with E-state index in [0.29, 0.717) is 40.3 Å².